The van der Waals surface area contributed by atoms with Gasteiger partial charge < -0.3 is 15.5 Å². The second-order valence-corrected chi connectivity index (χ2v) is 4.76. The number of nitrogens with one attached hydrogen (secondary N) is 1. The first-order valence-electron chi connectivity index (χ1n) is 6.21. The van der Waals surface area contributed by atoms with Crippen LogP contribution >= 0.6 is 0 Å². The van der Waals surface area contributed by atoms with Crippen LogP contribution in [0.2, 0.25) is 0 Å². The number of nitrogens with zero attached hydrogens (tertiary/aromatic N) is 3. The third-order valence-electron chi connectivity index (χ3n) is 3.55. The molecule has 1 aliphatic rings. The zero-order valence-electron chi connectivity index (χ0n) is 10.8. The fourth-order valence-corrected chi connectivity index (χ4v) is 2.51. The molecule has 20 heavy (non-hydrogen) atoms. The van der Waals surface area contributed by atoms with E-state index in [1.807, 2.05) is 0 Å². The molecule has 2 aromatic heterocycles. The van der Waals surface area contributed by atoms with E-state index in [2.05, 4.69) is 15.4 Å². The van der Waals surface area contributed by atoms with E-state index in [0.29, 0.717) is 23.5 Å². The number of hydrogen-bond donors (Lipinski definition) is 3. The molecule has 0 aliphatic carbocycles. The van der Waals surface area contributed by atoms with E-state index in [0.717, 1.165) is 0 Å². The molecule has 7 heteroatoms. The molecule has 3 heterocycles. The summed E-state index contributed by atoms with van der Waals surface area (Å²) >= 11 is 0. The van der Waals surface area contributed by atoms with Crippen LogP contribution in [-0.2, 0) is 13.5 Å². The number of aryl methyl sites for hydroxylation is 1. The van der Waals surface area contributed by atoms with Gasteiger partial charge in [0.1, 0.15) is 6.10 Å². The fourth-order valence-electron chi connectivity index (χ4n) is 2.51. The van der Waals surface area contributed by atoms with Crippen LogP contribution in [0.3, 0.4) is 0 Å². The molecule has 2 aromatic rings. The molecule has 0 amide bonds. The maximum atomic E-state index is 11.2. The van der Waals surface area contributed by atoms with Crippen molar-refractivity contribution in [3.63, 3.8) is 0 Å². The summed E-state index contributed by atoms with van der Waals surface area (Å²) < 4.78 is 1.60. The molecule has 3 rings (SSSR count). The number of fused-ring (bicyclic) bond motifs is 1. The average molecular weight is 274 g/mol. The van der Waals surface area contributed by atoms with Gasteiger partial charge >= 0.3 is 5.97 Å². The predicted octanol–water partition coefficient (Wildman–Crippen LogP) is 0.583. The van der Waals surface area contributed by atoms with E-state index in [-0.39, 0.29) is 11.6 Å². The number of carboxylic acids is 1. The lowest BCUT2D eigenvalue weighted by Crippen LogP contribution is -2.26. The molecule has 0 fully saturated rings. The first-order valence-corrected chi connectivity index (χ1v) is 6.21. The maximum absolute atomic E-state index is 11.2. The van der Waals surface area contributed by atoms with Crippen molar-refractivity contribution in [1.29, 1.82) is 0 Å². The Morgan fingerprint density at radius 1 is 1.50 bits per heavy atom. The number of hydrogen-bond acceptors (Lipinski definition) is 5. The Morgan fingerprint density at radius 2 is 2.30 bits per heavy atom. The van der Waals surface area contributed by atoms with Crippen LogP contribution in [-0.4, -0.2) is 37.0 Å². The minimum absolute atomic E-state index is 0.176. The molecule has 0 spiro atoms. The van der Waals surface area contributed by atoms with E-state index in [1.165, 1.54) is 12.3 Å². The number of aromatic carboxylic acids is 1. The van der Waals surface area contributed by atoms with Crippen molar-refractivity contribution in [3.05, 3.63) is 41.5 Å². The Labute approximate surface area is 114 Å². The van der Waals surface area contributed by atoms with Crippen molar-refractivity contribution in [1.82, 2.24) is 14.8 Å². The lowest BCUT2D eigenvalue weighted by molar-refractivity contribution is 0.0697. The maximum Gasteiger partial charge on any atom is 0.337 e. The number of rotatable bonds is 3. The van der Waals surface area contributed by atoms with Crippen LogP contribution in [0.4, 0.5) is 5.69 Å². The summed E-state index contributed by atoms with van der Waals surface area (Å²) in [5.74, 6) is -1.01. The number of aromatic nitrogens is 3. The second kappa shape index (κ2) is 4.61. The number of carbonyl (C=O) groups is 1. The van der Waals surface area contributed by atoms with Crippen molar-refractivity contribution < 1.29 is 15.0 Å². The Bertz CT molecular complexity index is 667. The topological polar surface area (TPSA) is 100 Å². The monoisotopic (exact) mass is 274 g/mol. The zero-order chi connectivity index (χ0) is 14.3. The molecular weight excluding hydrogens is 260 g/mol. The summed E-state index contributed by atoms with van der Waals surface area (Å²) in [7, 11) is 1.75. The Morgan fingerprint density at radius 3 is 2.95 bits per heavy atom. The minimum Gasteiger partial charge on any atom is -0.478 e. The minimum atomic E-state index is -1.01. The van der Waals surface area contributed by atoms with E-state index in [4.69, 9.17) is 5.11 Å². The number of carboxylic acid groups (broad SMARTS) is 1. The number of aliphatic hydroxyl groups excluding tert-OH is 1. The van der Waals surface area contributed by atoms with Crippen molar-refractivity contribution in [2.45, 2.75) is 18.6 Å². The molecule has 0 aromatic carbocycles. The van der Waals surface area contributed by atoms with Crippen LogP contribution in [0.5, 0.6) is 0 Å². The quantitative estimate of drug-likeness (QED) is 0.757. The SMILES string of the molecule is Cn1nccc1C(O)C1Cc2nccc(C(=O)O)c2N1. The van der Waals surface area contributed by atoms with E-state index in [1.54, 1.807) is 24.0 Å². The third-order valence-corrected chi connectivity index (χ3v) is 3.55. The van der Waals surface area contributed by atoms with Gasteiger partial charge in [-0.05, 0) is 12.1 Å². The van der Waals surface area contributed by atoms with Gasteiger partial charge in [0.05, 0.1) is 28.7 Å². The molecule has 7 nitrogen and oxygen atoms in total. The first-order chi connectivity index (χ1) is 9.58. The number of pyridine rings is 1. The van der Waals surface area contributed by atoms with Crippen LogP contribution in [0, 0.1) is 0 Å². The first kappa shape index (κ1) is 12.6. The molecule has 0 radical (unpaired) electrons. The molecule has 2 atom stereocenters. The summed E-state index contributed by atoms with van der Waals surface area (Å²) in [5.41, 5.74) is 2.00. The summed E-state index contributed by atoms with van der Waals surface area (Å²) in [6.07, 6.45) is 2.78. The predicted molar refractivity (Wildman–Crippen MR) is 70.5 cm³/mol. The summed E-state index contributed by atoms with van der Waals surface area (Å²) in [6, 6.07) is 2.88. The molecule has 3 N–H and O–H groups in total. The molecule has 104 valence electrons. The van der Waals surface area contributed by atoms with Crippen LogP contribution < -0.4 is 5.32 Å². The van der Waals surface area contributed by atoms with E-state index in [9.17, 15) is 9.90 Å². The molecule has 0 saturated carbocycles. The molecule has 2 unspecified atom stereocenters. The van der Waals surface area contributed by atoms with Gasteiger partial charge in [0.25, 0.3) is 0 Å². The van der Waals surface area contributed by atoms with Gasteiger partial charge in [-0.2, -0.15) is 5.10 Å². The molecule has 1 aliphatic heterocycles. The third kappa shape index (κ3) is 1.92. The molecular formula is C13H14N4O3. The number of anilines is 1. The van der Waals surface area contributed by atoms with Crippen LogP contribution in [0.15, 0.2) is 24.5 Å². The summed E-state index contributed by atoms with van der Waals surface area (Å²) in [6.45, 7) is 0. The summed E-state index contributed by atoms with van der Waals surface area (Å²) in [5, 5.41) is 26.6. The van der Waals surface area contributed by atoms with Crippen molar-refractivity contribution in [2.75, 3.05) is 5.32 Å². The highest BCUT2D eigenvalue weighted by molar-refractivity contribution is 5.95. The van der Waals surface area contributed by atoms with E-state index >= 15 is 0 Å². The Hall–Kier alpha value is -2.41. The average Bonchev–Trinajstić information content (AvgIpc) is 3.02. The Kier molecular flexibility index (Phi) is 2.90. The van der Waals surface area contributed by atoms with Crippen molar-refractivity contribution in [3.8, 4) is 0 Å². The highest BCUT2D eigenvalue weighted by Gasteiger charge is 2.32. The lowest BCUT2D eigenvalue weighted by atomic mass is 10.1. The van der Waals surface area contributed by atoms with Gasteiger partial charge in [-0.15, -0.1) is 0 Å². The zero-order valence-corrected chi connectivity index (χ0v) is 10.8. The summed E-state index contributed by atoms with van der Waals surface area (Å²) in [4.78, 5) is 15.4. The number of aliphatic hydroxyl groups is 1. The van der Waals surface area contributed by atoms with Crippen molar-refractivity contribution >= 4 is 11.7 Å². The lowest BCUT2D eigenvalue weighted by Gasteiger charge is -2.19. The van der Waals surface area contributed by atoms with Gasteiger partial charge in [-0.25, -0.2) is 4.79 Å². The van der Waals surface area contributed by atoms with Crippen LogP contribution in [0.25, 0.3) is 0 Å². The smallest absolute Gasteiger partial charge is 0.337 e. The molecule has 0 saturated heterocycles. The van der Waals surface area contributed by atoms with Gasteiger partial charge in [-0.3, -0.25) is 9.67 Å². The van der Waals surface area contributed by atoms with Gasteiger partial charge in [0, 0.05) is 25.9 Å². The van der Waals surface area contributed by atoms with Gasteiger partial charge in [-0.1, -0.05) is 0 Å². The highest BCUT2D eigenvalue weighted by atomic mass is 16.4. The molecule has 0 bridgehead atoms. The van der Waals surface area contributed by atoms with Gasteiger partial charge in [0.15, 0.2) is 0 Å². The highest BCUT2D eigenvalue weighted by Crippen LogP contribution is 2.33. The van der Waals surface area contributed by atoms with Crippen molar-refractivity contribution in [2.24, 2.45) is 7.05 Å². The van der Waals surface area contributed by atoms with Crippen LogP contribution in [0.1, 0.15) is 27.8 Å². The Balaban J connectivity index is 1.89. The van der Waals surface area contributed by atoms with E-state index < -0.39 is 12.1 Å². The largest absolute Gasteiger partial charge is 0.478 e. The standard InChI is InChI=1S/C13H14N4O3/c1-17-10(3-5-15-17)12(18)9-6-8-11(16-9)7(13(19)20)2-4-14-8/h2-5,9,12,16,18H,6H2,1H3,(H,19,20). The van der Waals surface area contributed by atoms with Gasteiger partial charge in [0.2, 0.25) is 0 Å². The normalized spacial score (nSPS) is 18.4. The fraction of sp³-hybridized carbons (Fsp3) is 0.308. The second-order valence-electron chi connectivity index (χ2n) is 4.76.